The summed E-state index contributed by atoms with van der Waals surface area (Å²) in [5.41, 5.74) is 24.3. The number of benzene rings is 4. The first-order valence-electron chi connectivity index (χ1n) is 34.7. The van der Waals surface area contributed by atoms with Crippen LogP contribution < -0.4 is 0 Å². The monoisotopic (exact) mass is 1320 g/mol. The maximum absolute atomic E-state index is 4.40. The predicted molar refractivity (Wildman–Crippen MR) is 423 cm³/mol. The van der Waals surface area contributed by atoms with Crippen molar-refractivity contribution in [3.63, 3.8) is 0 Å². The molecular formula is C84H112N14. The first-order chi connectivity index (χ1) is 47.4. The van der Waals surface area contributed by atoms with Crippen LogP contribution in [0.2, 0.25) is 0 Å². The Hall–Kier alpha value is -10.1. The van der Waals surface area contributed by atoms with E-state index in [9.17, 15) is 0 Å². The summed E-state index contributed by atoms with van der Waals surface area (Å²) >= 11 is 0. The summed E-state index contributed by atoms with van der Waals surface area (Å²) in [5, 5.41) is 13.6. The van der Waals surface area contributed by atoms with E-state index in [1.54, 1.807) is 37.3 Å². The lowest BCUT2D eigenvalue weighted by atomic mass is 10.1. The second kappa shape index (κ2) is 47.8. The van der Waals surface area contributed by atoms with Gasteiger partial charge in [0, 0.05) is 99.3 Å². The van der Waals surface area contributed by atoms with Crippen LogP contribution in [0.15, 0.2) is 171 Å². The lowest BCUT2D eigenvalue weighted by molar-refractivity contribution is 1.07. The molecule has 10 aromatic heterocycles. The van der Waals surface area contributed by atoms with Gasteiger partial charge in [-0.05, 0) is 226 Å². The van der Waals surface area contributed by atoms with Gasteiger partial charge in [-0.3, -0.25) is 39.9 Å². The molecule has 0 unspecified atom stereocenters. The van der Waals surface area contributed by atoms with E-state index in [1.807, 2.05) is 205 Å². The molecule has 14 nitrogen and oxygen atoms in total. The van der Waals surface area contributed by atoms with Crippen molar-refractivity contribution in [2.75, 3.05) is 0 Å². The maximum Gasteiger partial charge on any atom is 0.125 e. The van der Waals surface area contributed by atoms with Crippen LogP contribution >= 0.6 is 0 Å². The third-order valence-electron chi connectivity index (χ3n) is 13.4. The van der Waals surface area contributed by atoms with Crippen LogP contribution in [0.3, 0.4) is 0 Å². The molecule has 0 amide bonds. The first-order valence-corrected chi connectivity index (χ1v) is 34.7. The second-order valence-corrected chi connectivity index (χ2v) is 21.0. The predicted octanol–water partition coefficient (Wildman–Crippen LogP) is 22.9. The number of aromatic nitrogens is 14. The molecule has 0 fully saturated rings. The molecular weight excluding hydrogens is 1210 g/mol. The summed E-state index contributed by atoms with van der Waals surface area (Å²) in [6, 6.07) is 36.8. The van der Waals surface area contributed by atoms with Crippen molar-refractivity contribution in [2.45, 2.75) is 194 Å². The van der Waals surface area contributed by atoms with Crippen LogP contribution in [-0.2, 0) is 0 Å². The topological polar surface area (TPSA) is 180 Å². The summed E-state index contributed by atoms with van der Waals surface area (Å²) in [6.45, 7) is 56.5. The SMILES string of the molecule is CC.CC.CC.CC.CC.CC.CC.Cc1cc(C)c2ccnnc2c1.Cc1cc(C)c2cnccc2n1.Cc1cc(C)c2cncnc2c1.Cc1cc(C)c2ncccc2n1.Cc1cc(C)c2nccnc2c1.Cc1cc2nc(C)ccc2cn1.Cc1ccc2cnc(C)nc2c1. The Balaban J connectivity index is 0.000000554. The second-order valence-electron chi connectivity index (χ2n) is 21.0. The fourth-order valence-electron chi connectivity index (χ4n) is 9.56. The molecule has 0 saturated heterocycles. The van der Waals surface area contributed by atoms with Gasteiger partial charge in [0.05, 0.1) is 55.8 Å². The molecule has 14 rings (SSSR count). The smallest absolute Gasteiger partial charge is 0.125 e. The van der Waals surface area contributed by atoms with Gasteiger partial charge in [-0.25, -0.2) is 19.9 Å². The standard InChI is InChI=1S/7C10H10N2.7C2H6/c1-7-3-8(2)9-5-11-6-12-10(9)4-7;1-7-5-8(2)12-10-3-4-11-6-9(7)10;1-7-5-8(2)10-9(6-7)11-3-4-12-10;1-7-5-8(2)9-3-4-11-12-10(9)6-7;1-7-3-4-9-6-11-8(2)5-10(9)12-7;1-7-3-4-9-6-11-8(2)12-10(9)5-7;1-7-6-8(2)12-9-4-3-5-11-10(7)9;7*1-2/h7*3-6H,1-2H3;7*1-2H3. The number of hydrogen-bond acceptors (Lipinski definition) is 14. The number of fused-ring (bicyclic) bond motifs is 7. The molecule has 0 spiro atoms. The molecule has 0 aliphatic rings. The molecule has 14 aromatic rings. The highest BCUT2D eigenvalue weighted by molar-refractivity contribution is 5.84. The largest absolute Gasteiger partial charge is 0.264 e. The van der Waals surface area contributed by atoms with Crippen LogP contribution in [0, 0.1) is 96.9 Å². The van der Waals surface area contributed by atoms with E-state index in [2.05, 4.69) is 193 Å². The van der Waals surface area contributed by atoms with Crippen molar-refractivity contribution in [2.24, 2.45) is 0 Å². The Morgan fingerprint density at radius 1 is 0.255 bits per heavy atom. The lowest BCUT2D eigenvalue weighted by Gasteiger charge is -2.01. The number of rotatable bonds is 0. The minimum atomic E-state index is 0.827. The van der Waals surface area contributed by atoms with E-state index >= 15 is 0 Å². The molecule has 0 atom stereocenters. The lowest BCUT2D eigenvalue weighted by Crippen LogP contribution is -1.88. The molecule has 4 aromatic carbocycles. The van der Waals surface area contributed by atoms with Gasteiger partial charge in [-0.2, -0.15) is 10.2 Å². The highest BCUT2D eigenvalue weighted by atomic mass is 15.1. The van der Waals surface area contributed by atoms with E-state index in [0.717, 1.165) is 99.8 Å². The summed E-state index contributed by atoms with van der Waals surface area (Å²) in [4.78, 5) is 50.8. The summed E-state index contributed by atoms with van der Waals surface area (Å²) in [7, 11) is 0. The molecule has 0 aliphatic carbocycles. The molecule has 0 N–H and O–H groups in total. The fraction of sp³-hybridized carbons (Fsp3) is 0.333. The molecule has 518 valence electrons. The highest BCUT2D eigenvalue weighted by Gasteiger charge is 2.04. The Morgan fingerprint density at radius 2 is 0.735 bits per heavy atom. The molecule has 98 heavy (non-hydrogen) atoms. The van der Waals surface area contributed by atoms with Gasteiger partial charge in [0.1, 0.15) is 12.2 Å². The van der Waals surface area contributed by atoms with Crippen LogP contribution in [0.1, 0.15) is 176 Å². The normalized spacial score (nSPS) is 9.43. The average Bonchev–Trinajstić information content (AvgIpc) is 0.868. The molecule has 0 radical (unpaired) electrons. The van der Waals surface area contributed by atoms with Gasteiger partial charge >= 0.3 is 0 Å². The zero-order chi connectivity index (χ0) is 73.9. The zero-order valence-electron chi connectivity index (χ0n) is 64.4. The average molecular weight is 1320 g/mol. The van der Waals surface area contributed by atoms with E-state index in [0.29, 0.717) is 0 Å². The van der Waals surface area contributed by atoms with E-state index in [-0.39, 0.29) is 0 Å². The third kappa shape index (κ3) is 27.9. The van der Waals surface area contributed by atoms with E-state index in [1.165, 1.54) is 55.5 Å². The van der Waals surface area contributed by atoms with Crippen molar-refractivity contribution < 1.29 is 0 Å². The fourth-order valence-corrected chi connectivity index (χ4v) is 9.56. The van der Waals surface area contributed by atoms with Crippen LogP contribution in [0.5, 0.6) is 0 Å². The Labute approximate surface area is 587 Å². The van der Waals surface area contributed by atoms with Crippen molar-refractivity contribution in [1.29, 1.82) is 0 Å². The number of aryl methyl sites for hydroxylation is 14. The van der Waals surface area contributed by atoms with Gasteiger partial charge in [0.25, 0.3) is 0 Å². The minimum Gasteiger partial charge on any atom is -0.264 e. The summed E-state index contributed by atoms with van der Waals surface area (Å²) in [5.74, 6) is 0.827. The molecule has 14 heteroatoms. The van der Waals surface area contributed by atoms with Crippen LogP contribution in [0.4, 0.5) is 0 Å². The maximum atomic E-state index is 4.40. The van der Waals surface area contributed by atoms with Crippen molar-refractivity contribution in [3.8, 4) is 0 Å². The summed E-state index contributed by atoms with van der Waals surface area (Å²) in [6.07, 6.45) is 17.8. The molecule has 10 heterocycles. The first kappa shape index (κ1) is 85.9. The van der Waals surface area contributed by atoms with Crippen LogP contribution in [0.25, 0.3) is 76.6 Å². The van der Waals surface area contributed by atoms with E-state index < -0.39 is 0 Å². The Kier molecular flexibility index (Phi) is 41.9. The number of nitrogens with zero attached hydrogens (tertiary/aromatic N) is 14. The van der Waals surface area contributed by atoms with Crippen LogP contribution in [-0.4, -0.2) is 70.0 Å². The van der Waals surface area contributed by atoms with Crippen molar-refractivity contribution in [1.82, 2.24) is 70.0 Å². The molecule has 0 bridgehead atoms. The zero-order valence-corrected chi connectivity index (χ0v) is 64.4. The molecule has 0 aliphatic heterocycles. The van der Waals surface area contributed by atoms with Crippen molar-refractivity contribution in [3.05, 3.63) is 250 Å². The quantitative estimate of drug-likeness (QED) is 0.140. The van der Waals surface area contributed by atoms with Crippen molar-refractivity contribution >= 4 is 76.6 Å². The third-order valence-corrected chi connectivity index (χ3v) is 13.4. The van der Waals surface area contributed by atoms with Gasteiger partial charge in [-0.1, -0.05) is 127 Å². The Bertz CT molecular complexity index is 3940. The summed E-state index contributed by atoms with van der Waals surface area (Å²) < 4.78 is 0. The van der Waals surface area contributed by atoms with Gasteiger partial charge in [0.2, 0.25) is 0 Å². The van der Waals surface area contributed by atoms with E-state index in [4.69, 9.17) is 0 Å². The number of pyridine rings is 6. The van der Waals surface area contributed by atoms with Gasteiger partial charge in [-0.15, -0.1) is 0 Å². The minimum absolute atomic E-state index is 0.827. The van der Waals surface area contributed by atoms with Gasteiger partial charge in [0.15, 0.2) is 0 Å². The Morgan fingerprint density at radius 3 is 1.40 bits per heavy atom. The number of hydrogen-bond donors (Lipinski definition) is 0. The highest BCUT2D eigenvalue weighted by Crippen LogP contribution is 2.21. The van der Waals surface area contributed by atoms with Gasteiger partial charge < -0.3 is 0 Å². The molecule has 0 saturated carbocycles.